The Labute approximate surface area is 128 Å². The zero-order chi connectivity index (χ0) is 14.6. The highest BCUT2D eigenvalue weighted by Gasteiger charge is 2.34. The molecule has 2 unspecified atom stereocenters. The van der Waals surface area contributed by atoms with Crippen LogP contribution in [0.25, 0.3) is 0 Å². The van der Waals surface area contributed by atoms with Gasteiger partial charge in [0.15, 0.2) is 0 Å². The van der Waals surface area contributed by atoms with Crippen molar-refractivity contribution in [3.05, 3.63) is 29.3 Å². The van der Waals surface area contributed by atoms with E-state index in [1.54, 1.807) is 0 Å². The summed E-state index contributed by atoms with van der Waals surface area (Å²) in [4.78, 5) is 0. The number of rotatable bonds is 7. The summed E-state index contributed by atoms with van der Waals surface area (Å²) in [5, 5.41) is 0. The fourth-order valence-electron chi connectivity index (χ4n) is 3.24. The van der Waals surface area contributed by atoms with E-state index >= 15 is 0 Å². The fourth-order valence-corrected chi connectivity index (χ4v) is 3.67. The molecule has 1 aliphatic heterocycles. The first kappa shape index (κ1) is 15.7. The highest BCUT2D eigenvalue weighted by atomic mass is 35.5. The van der Waals surface area contributed by atoms with E-state index in [1.807, 2.05) is 0 Å². The molecule has 0 saturated carbocycles. The van der Waals surface area contributed by atoms with E-state index in [0.29, 0.717) is 6.10 Å². The lowest BCUT2D eigenvalue weighted by atomic mass is 9.77. The van der Waals surface area contributed by atoms with Crippen LogP contribution in [0.4, 0.5) is 0 Å². The number of fused-ring (bicyclic) bond motifs is 1. The van der Waals surface area contributed by atoms with Gasteiger partial charge in [-0.15, -0.1) is 11.6 Å². The molecule has 0 saturated heterocycles. The van der Waals surface area contributed by atoms with Crippen LogP contribution < -0.4 is 4.74 Å². The maximum absolute atomic E-state index is 6.32. The number of aryl methyl sites for hydroxylation is 1. The van der Waals surface area contributed by atoms with Gasteiger partial charge < -0.3 is 4.74 Å². The molecule has 0 spiro atoms. The van der Waals surface area contributed by atoms with Gasteiger partial charge in [0.1, 0.15) is 11.9 Å². The Morgan fingerprint density at radius 1 is 1.35 bits per heavy atom. The summed E-state index contributed by atoms with van der Waals surface area (Å²) in [5.74, 6) is 1.83. The Bertz CT molecular complexity index is 437. The SMILES string of the molecule is CCCCC(CC)(CCl)CC1Cc2cc(C)ccc2O1. The van der Waals surface area contributed by atoms with Gasteiger partial charge in [-0.3, -0.25) is 0 Å². The van der Waals surface area contributed by atoms with Crippen LogP contribution in [-0.2, 0) is 6.42 Å². The van der Waals surface area contributed by atoms with Crippen LogP contribution in [-0.4, -0.2) is 12.0 Å². The summed E-state index contributed by atoms with van der Waals surface area (Å²) in [5.41, 5.74) is 2.93. The Morgan fingerprint density at radius 3 is 2.80 bits per heavy atom. The maximum Gasteiger partial charge on any atom is 0.123 e. The molecule has 0 radical (unpaired) electrons. The summed E-state index contributed by atoms with van der Waals surface area (Å²) in [6, 6.07) is 6.51. The minimum atomic E-state index is 0.249. The number of benzene rings is 1. The van der Waals surface area contributed by atoms with Crippen molar-refractivity contribution in [2.45, 2.75) is 65.4 Å². The van der Waals surface area contributed by atoms with Crippen molar-refractivity contribution < 1.29 is 4.74 Å². The van der Waals surface area contributed by atoms with Crippen LogP contribution in [0.3, 0.4) is 0 Å². The van der Waals surface area contributed by atoms with Crippen LogP contribution in [0.1, 0.15) is 57.1 Å². The number of hydrogen-bond donors (Lipinski definition) is 0. The smallest absolute Gasteiger partial charge is 0.123 e. The third-order valence-electron chi connectivity index (χ3n) is 4.71. The van der Waals surface area contributed by atoms with Gasteiger partial charge in [0.25, 0.3) is 0 Å². The molecule has 1 nitrogen and oxygen atoms in total. The maximum atomic E-state index is 6.32. The molecular weight excluding hydrogens is 268 g/mol. The van der Waals surface area contributed by atoms with Gasteiger partial charge in [-0.2, -0.15) is 0 Å². The summed E-state index contributed by atoms with van der Waals surface area (Å²) in [7, 11) is 0. The first-order valence-electron chi connectivity index (χ1n) is 7.94. The van der Waals surface area contributed by atoms with Crippen LogP contribution in [0.15, 0.2) is 18.2 Å². The van der Waals surface area contributed by atoms with Gasteiger partial charge in [0.05, 0.1) is 0 Å². The lowest BCUT2D eigenvalue weighted by molar-refractivity contribution is 0.134. The molecule has 2 atom stereocenters. The van der Waals surface area contributed by atoms with Crippen molar-refractivity contribution >= 4 is 11.6 Å². The molecule has 1 aliphatic rings. The van der Waals surface area contributed by atoms with Crippen molar-refractivity contribution in [1.29, 1.82) is 0 Å². The predicted molar refractivity (Wildman–Crippen MR) is 86.9 cm³/mol. The zero-order valence-corrected chi connectivity index (χ0v) is 13.8. The molecule has 0 bridgehead atoms. The van der Waals surface area contributed by atoms with Gasteiger partial charge in [-0.25, -0.2) is 0 Å². The Balaban J connectivity index is 2.03. The molecule has 20 heavy (non-hydrogen) atoms. The number of ether oxygens (including phenoxy) is 1. The van der Waals surface area contributed by atoms with Gasteiger partial charge in [-0.05, 0) is 43.2 Å². The van der Waals surface area contributed by atoms with E-state index in [0.717, 1.165) is 30.9 Å². The van der Waals surface area contributed by atoms with Crippen molar-refractivity contribution in [1.82, 2.24) is 0 Å². The van der Waals surface area contributed by atoms with E-state index in [9.17, 15) is 0 Å². The van der Waals surface area contributed by atoms with Crippen LogP contribution in [0.2, 0.25) is 0 Å². The Morgan fingerprint density at radius 2 is 2.15 bits per heavy atom. The van der Waals surface area contributed by atoms with E-state index in [4.69, 9.17) is 16.3 Å². The molecule has 2 heteroatoms. The van der Waals surface area contributed by atoms with E-state index in [2.05, 4.69) is 39.0 Å². The van der Waals surface area contributed by atoms with Crippen molar-refractivity contribution in [3.8, 4) is 5.75 Å². The third kappa shape index (κ3) is 3.49. The first-order valence-corrected chi connectivity index (χ1v) is 8.48. The largest absolute Gasteiger partial charge is 0.490 e. The third-order valence-corrected chi connectivity index (χ3v) is 5.28. The normalized spacial score (nSPS) is 20.3. The lowest BCUT2D eigenvalue weighted by Crippen LogP contribution is -2.30. The molecule has 1 heterocycles. The van der Waals surface area contributed by atoms with Gasteiger partial charge >= 0.3 is 0 Å². The molecule has 0 aromatic heterocycles. The zero-order valence-electron chi connectivity index (χ0n) is 13.0. The van der Waals surface area contributed by atoms with E-state index in [1.165, 1.54) is 30.4 Å². The minimum Gasteiger partial charge on any atom is -0.490 e. The second-order valence-corrected chi connectivity index (χ2v) is 6.62. The number of hydrogen-bond acceptors (Lipinski definition) is 1. The van der Waals surface area contributed by atoms with Crippen LogP contribution in [0.5, 0.6) is 5.75 Å². The van der Waals surface area contributed by atoms with Crippen molar-refractivity contribution in [3.63, 3.8) is 0 Å². The molecule has 0 N–H and O–H groups in total. The van der Waals surface area contributed by atoms with E-state index in [-0.39, 0.29) is 5.41 Å². The second-order valence-electron chi connectivity index (χ2n) is 6.35. The highest BCUT2D eigenvalue weighted by molar-refractivity contribution is 6.18. The van der Waals surface area contributed by atoms with E-state index < -0.39 is 0 Å². The Kier molecular flexibility index (Phi) is 5.37. The van der Waals surface area contributed by atoms with Gasteiger partial charge in [0.2, 0.25) is 0 Å². The van der Waals surface area contributed by atoms with Crippen LogP contribution >= 0.6 is 11.6 Å². The molecule has 0 fully saturated rings. The van der Waals surface area contributed by atoms with Crippen molar-refractivity contribution in [2.75, 3.05) is 5.88 Å². The molecule has 0 aliphatic carbocycles. The summed E-state index contributed by atoms with van der Waals surface area (Å²) >= 11 is 6.32. The topological polar surface area (TPSA) is 9.23 Å². The number of unbranched alkanes of at least 4 members (excludes halogenated alkanes) is 1. The summed E-state index contributed by atoms with van der Waals surface area (Å²) in [6.45, 7) is 6.66. The Hall–Kier alpha value is -0.690. The second kappa shape index (κ2) is 6.85. The number of halogens is 1. The number of alkyl halides is 1. The molecule has 1 aromatic carbocycles. The minimum absolute atomic E-state index is 0.249. The lowest BCUT2D eigenvalue weighted by Gasteiger charge is -2.33. The predicted octanol–water partition coefficient (Wildman–Crippen LogP) is 5.51. The monoisotopic (exact) mass is 294 g/mol. The fraction of sp³-hybridized carbons (Fsp3) is 0.667. The standard InChI is InChI=1S/C18H27ClO/c1-4-6-9-18(5-2,13-19)12-16-11-15-10-14(3)7-8-17(15)20-16/h7-8,10,16H,4-6,9,11-13H2,1-3H3. The van der Waals surface area contributed by atoms with Crippen molar-refractivity contribution in [2.24, 2.45) is 5.41 Å². The first-order chi connectivity index (χ1) is 9.62. The average Bonchev–Trinajstić information content (AvgIpc) is 2.84. The summed E-state index contributed by atoms with van der Waals surface area (Å²) in [6.07, 6.45) is 7.30. The highest BCUT2D eigenvalue weighted by Crippen LogP contribution is 2.40. The molecule has 112 valence electrons. The molecule has 1 aromatic rings. The molecule has 0 amide bonds. The van der Waals surface area contributed by atoms with Gasteiger partial charge in [0, 0.05) is 12.3 Å². The average molecular weight is 295 g/mol. The summed E-state index contributed by atoms with van der Waals surface area (Å²) < 4.78 is 6.14. The van der Waals surface area contributed by atoms with Crippen LogP contribution in [0, 0.1) is 12.3 Å². The van der Waals surface area contributed by atoms with Gasteiger partial charge in [-0.1, -0.05) is 44.4 Å². The molecular formula is C18H27ClO. The quantitative estimate of drug-likeness (QED) is 0.602. The molecule has 2 rings (SSSR count).